The van der Waals surface area contributed by atoms with Crippen LogP contribution in [0.2, 0.25) is 0 Å². The van der Waals surface area contributed by atoms with E-state index in [1.54, 1.807) is 0 Å². The van der Waals surface area contributed by atoms with Gasteiger partial charge in [0.25, 0.3) is 0 Å². The van der Waals surface area contributed by atoms with Gasteiger partial charge in [-0.1, -0.05) is 12.2 Å². The molecular weight excluding hydrogens is 302 g/mol. The number of rotatable bonds is 5. The molecule has 1 amide bonds. The number of nitrogens with one attached hydrogen (secondary N) is 1. The van der Waals surface area contributed by atoms with E-state index in [1.807, 2.05) is 36.5 Å². The molecule has 0 radical (unpaired) electrons. The topological polar surface area (TPSA) is 82.5 Å². The molecule has 0 saturated heterocycles. The predicted molar refractivity (Wildman–Crippen MR) is 83.6 cm³/mol. The van der Waals surface area contributed by atoms with Gasteiger partial charge in [0.05, 0.1) is 24.1 Å². The lowest BCUT2D eigenvalue weighted by molar-refractivity contribution is -0.147. The number of allylic oxidation sites excluding steroid dienone is 2. The van der Waals surface area contributed by atoms with Crippen molar-refractivity contribution in [1.29, 1.82) is 0 Å². The number of thiazole rings is 1. The minimum absolute atomic E-state index is 0.00198. The maximum atomic E-state index is 12.4. The van der Waals surface area contributed by atoms with Gasteiger partial charge in [0.2, 0.25) is 5.91 Å². The predicted octanol–water partition coefficient (Wildman–Crippen LogP) is 1.35. The number of hydrogen-bond donors (Lipinski definition) is 2. The van der Waals surface area contributed by atoms with Gasteiger partial charge < -0.3 is 15.3 Å². The fourth-order valence-electron chi connectivity index (χ4n) is 3.39. The van der Waals surface area contributed by atoms with E-state index in [0.29, 0.717) is 6.54 Å². The third-order valence-corrected chi connectivity index (χ3v) is 5.47. The first-order valence-corrected chi connectivity index (χ1v) is 8.16. The standard InChI is InChI=1S/C15H19N3O3S/c1-18(2)15-17-10(7-22-15)6-16-13(19)11-8-3-4-9(5-8)12(11)14(20)21/h3-4,7-9,11-12H,5-6H2,1-2H3,(H,16,19)(H,20,21)/t8-,9-,11+,12+/m0/s1. The van der Waals surface area contributed by atoms with Gasteiger partial charge in [-0.2, -0.15) is 0 Å². The Morgan fingerprint density at radius 2 is 2.05 bits per heavy atom. The number of nitrogens with zero attached hydrogens (tertiary/aromatic N) is 2. The molecule has 2 aliphatic carbocycles. The summed E-state index contributed by atoms with van der Waals surface area (Å²) in [6, 6.07) is 0. The molecule has 0 aromatic carbocycles. The van der Waals surface area contributed by atoms with Gasteiger partial charge in [0.1, 0.15) is 0 Å². The highest BCUT2D eigenvalue weighted by atomic mass is 32.1. The number of carboxylic acids is 1. The molecular formula is C15H19N3O3S. The van der Waals surface area contributed by atoms with Crippen molar-refractivity contribution >= 4 is 28.3 Å². The number of amides is 1. The van der Waals surface area contributed by atoms with Crippen molar-refractivity contribution in [2.75, 3.05) is 19.0 Å². The van der Waals surface area contributed by atoms with E-state index in [-0.39, 0.29) is 17.7 Å². The molecule has 1 fully saturated rings. The number of aromatic nitrogens is 1. The van der Waals surface area contributed by atoms with E-state index >= 15 is 0 Å². The highest BCUT2D eigenvalue weighted by Crippen LogP contribution is 2.48. The molecule has 1 aromatic rings. The molecule has 2 aliphatic rings. The number of aliphatic carboxylic acids is 1. The molecule has 6 nitrogen and oxygen atoms in total. The van der Waals surface area contributed by atoms with Crippen LogP contribution in [0.1, 0.15) is 12.1 Å². The van der Waals surface area contributed by atoms with Crippen molar-refractivity contribution in [1.82, 2.24) is 10.3 Å². The fraction of sp³-hybridized carbons (Fsp3) is 0.533. The van der Waals surface area contributed by atoms with Crippen LogP contribution in [0.25, 0.3) is 0 Å². The Bertz CT molecular complexity index is 625. The summed E-state index contributed by atoms with van der Waals surface area (Å²) in [5.74, 6) is -2.05. The Balaban J connectivity index is 1.64. The van der Waals surface area contributed by atoms with Crippen molar-refractivity contribution in [2.45, 2.75) is 13.0 Å². The first kappa shape index (κ1) is 15.0. The Morgan fingerprint density at radius 3 is 2.64 bits per heavy atom. The first-order chi connectivity index (χ1) is 10.5. The summed E-state index contributed by atoms with van der Waals surface area (Å²) in [4.78, 5) is 30.2. The van der Waals surface area contributed by atoms with Crippen LogP contribution in [-0.4, -0.2) is 36.1 Å². The van der Waals surface area contributed by atoms with E-state index in [1.165, 1.54) is 11.3 Å². The van der Waals surface area contributed by atoms with Crippen LogP contribution in [0.4, 0.5) is 5.13 Å². The summed E-state index contributed by atoms with van der Waals surface area (Å²) in [5.41, 5.74) is 0.799. The minimum Gasteiger partial charge on any atom is -0.481 e. The number of hydrogen-bond acceptors (Lipinski definition) is 5. The van der Waals surface area contributed by atoms with Crippen molar-refractivity contribution in [3.8, 4) is 0 Å². The summed E-state index contributed by atoms with van der Waals surface area (Å²) in [6.45, 7) is 0.340. The number of carboxylic acid groups (broad SMARTS) is 1. The van der Waals surface area contributed by atoms with Crippen LogP contribution < -0.4 is 10.2 Å². The Kier molecular flexibility index (Phi) is 3.90. The van der Waals surface area contributed by atoms with Crippen LogP contribution in [-0.2, 0) is 16.1 Å². The molecule has 1 aromatic heterocycles. The van der Waals surface area contributed by atoms with Crippen LogP contribution in [0.3, 0.4) is 0 Å². The third kappa shape index (κ3) is 2.61. The summed E-state index contributed by atoms with van der Waals surface area (Å²) < 4.78 is 0. The lowest BCUT2D eigenvalue weighted by Crippen LogP contribution is -2.39. The number of fused-ring (bicyclic) bond motifs is 2. The molecule has 0 aliphatic heterocycles. The van der Waals surface area contributed by atoms with Crippen molar-refractivity contribution in [3.05, 3.63) is 23.2 Å². The van der Waals surface area contributed by atoms with Crippen LogP contribution >= 0.6 is 11.3 Å². The number of carbonyl (C=O) groups is 2. The summed E-state index contributed by atoms with van der Waals surface area (Å²) in [7, 11) is 3.83. The van der Waals surface area contributed by atoms with Gasteiger partial charge in [-0.25, -0.2) is 4.98 Å². The molecule has 4 atom stereocenters. The van der Waals surface area contributed by atoms with Crippen molar-refractivity contribution in [2.24, 2.45) is 23.7 Å². The largest absolute Gasteiger partial charge is 0.481 e. The third-order valence-electron chi connectivity index (χ3n) is 4.41. The Morgan fingerprint density at radius 1 is 1.36 bits per heavy atom. The zero-order valence-electron chi connectivity index (χ0n) is 12.5. The molecule has 0 spiro atoms. The Labute approximate surface area is 132 Å². The number of anilines is 1. The molecule has 1 heterocycles. The SMILES string of the molecule is CN(C)c1nc(CNC(=O)[C@H]2[C@H](C(=O)O)[C@H]3C=C[C@H]2C3)cs1. The molecule has 3 rings (SSSR count). The fourth-order valence-corrected chi connectivity index (χ4v) is 4.15. The second kappa shape index (κ2) is 5.72. The second-order valence-corrected chi connectivity index (χ2v) is 6.91. The zero-order chi connectivity index (χ0) is 15.9. The first-order valence-electron chi connectivity index (χ1n) is 7.28. The molecule has 7 heteroatoms. The maximum absolute atomic E-state index is 12.4. The average molecular weight is 321 g/mol. The molecule has 118 valence electrons. The van der Waals surface area contributed by atoms with Crippen LogP contribution in [0.15, 0.2) is 17.5 Å². The molecule has 22 heavy (non-hydrogen) atoms. The van der Waals surface area contributed by atoms with Crippen molar-refractivity contribution in [3.63, 3.8) is 0 Å². The van der Waals surface area contributed by atoms with Gasteiger partial charge in [-0.3, -0.25) is 9.59 Å². The van der Waals surface area contributed by atoms with Crippen LogP contribution in [0.5, 0.6) is 0 Å². The summed E-state index contributed by atoms with van der Waals surface area (Å²) >= 11 is 1.52. The highest BCUT2D eigenvalue weighted by molar-refractivity contribution is 7.13. The summed E-state index contributed by atoms with van der Waals surface area (Å²) in [6.07, 6.45) is 4.70. The smallest absolute Gasteiger partial charge is 0.307 e. The van der Waals surface area contributed by atoms with E-state index in [2.05, 4.69) is 10.3 Å². The zero-order valence-corrected chi connectivity index (χ0v) is 13.3. The second-order valence-electron chi connectivity index (χ2n) is 6.07. The number of carbonyl (C=O) groups excluding carboxylic acids is 1. The molecule has 0 unspecified atom stereocenters. The molecule has 1 saturated carbocycles. The van der Waals surface area contributed by atoms with Gasteiger partial charge in [-0.05, 0) is 18.3 Å². The van der Waals surface area contributed by atoms with Gasteiger partial charge in [0.15, 0.2) is 5.13 Å². The molecule has 2 bridgehead atoms. The Hall–Kier alpha value is -1.89. The van der Waals surface area contributed by atoms with Crippen LogP contribution in [0, 0.1) is 23.7 Å². The minimum atomic E-state index is -0.874. The van der Waals surface area contributed by atoms with Gasteiger partial charge in [-0.15, -0.1) is 11.3 Å². The monoisotopic (exact) mass is 321 g/mol. The quantitative estimate of drug-likeness (QED) is 0.800. The average Bonchev–Trinajstić information content (AvgIpc) is 3.18. The van der Waals surface area contributed by atoms with E-state index in [4.69, 9.17) is 0 Å². The maximum Gasteiger partial charge on any atom is 0.307 e. The van der Waals surface area contributed by atoms with E-state index in [0.717, 1.165) is 17.2 Å². The normalized spacial score (nSPS) is 28.8. The molecule has 2 N–H and O–H groups in total. The van der Waals surface area contributed by atoms with Gasteiger partial charge >= 0.3 is 5.97 Å². The van der Waals surface area contributed by atoms with E-state index in [9.17, 15) is 14.7 Å². The lowest BCUT2D eigenvalue weighted by atomic mass is 9.82. The van der Waals surface area contributed by atoms with E-state index < -0.39 is 17.8 Å². The lowest BCUT2D eigenvalue weighted by Gasteiger charge is -2.23. The van der Waals surface area contributed by atoms with Crippen molar-refractivity contribution < 1.29 is 14.7 Å². The van der Waals surface area contributed by atoms with Gasteiger partial charge in [0, 0.05) is 19.5 Å². The highest BCUT2D eigenvalue weighted by Gasteiger charge is 2.51. The summed E-state index contributed by atoms with van der Waals surface area (Å²) in [5, 5.41) is 15.0.